The lowest BCUT2D eigenvalue weighted by Gasteiger charge is -2.19. The first kappa shape index (κ1) is 17.8. The number of rotatable bonds is 3. The number of hydrogen-bond donors (Lipinski definition) is 0. The number of hydrogen-bond acceptors (Lipinski definition) is 5. The second kappa shape index (κ2) is 6.40. The van der Waals surface area contributed by atoms with E-state index >= 15 is 0 Å². The van der Waals surface area contributed by atoms with Gasteiger partial charge in [-0.05, 0) is 57.9 Å². The SMILES string of the molecule is Cc1cc(C)cc(-n2ncc3c(=O)n(CC(=O)OC(C)(C)C)cnc32)c1. The lowest BCUT2D eigenvalue weighted by Crippen LogP contribution is -2.30. The predicted octanol–water partition coefficient (Wildman–Crippen LogP) is 2.54. The molecule has 0 unspecified atom stereocenters. The zero-order valence-corrected chi connectivity index (χ0v) is 15.6. The molecule has 0 spiro atoms. The highest BCUT2D eigenvalue weighted by atomic mass is 16.6. The zero-order chi connectivity index (χ0) is 19.1. The Morgan fingerprint density at radius 3 is 2.42 bits per heavy atom. The van der Waals surface area contributed by atoms with Gasteiger partial charge in [0.15, 0.2) is 5.65 Å². The van der Waals surface area contributed by atoms with Crippen molar-refractivity contribution in [2.75, 3.05) is 0 Å². The van der Waals surface area contributed by atoms with Crippen LogP contribution in [0.5, 0.6) is 0 Å². The quantitative estimate of drug-likeness (QED) is 0.675. The second-order valence-electron chi connectivity index (χ2n) is 7.40. The van der Waals surface area contributed by atoms with Crippen molar-refractivity contribution in [2.45, 2.75) is 46.8 Å². The lowest BCUT2D eigenvalue weighted by molar-refractivity contribution is -0.155. The molecule has 1 aromatic carbocycles. The Morgan fingerprint density at radius 1 is 1.15 bits per heavy atom. The topological polar surface area (TPSA) is 79.0 Å². The molecule has 0 saturated heterocycles. The van der Waals surface area contributed by atoms with Gasteiger partial charge >= 0.3 is 5.97 Å². The molecule has 0 bridgehead atoms. The number of esters is 1. The predicted molar refractivity (Wildman–Crippen MR) is 98.4 cm³/mol. The van der Waals surface area contributed by atoms with Crippen molar-refractivity contribution in [1.82, 2.24) is 19.3 Å². The van der Waals surface area contributed by atoms with E-state index in [0.29, 0.717) is 11.0 Å². The molecule has 0 amide bonds. The van der Waals surface area contributed by atoms with E-state index in [0.717, 1.165) is 16.8 Å². The van der Waals surface area contributed by atoms with E-state index < -0.39 is 11.6 Å². The van der Waals surface area contributed by atoms with E-state index in [1.807, 2.05) is 26.0 Å². The normalized spacial score (nSPS) is 11.7. The highest BCUT2D eigenvalue weighted by Crippen LogP contribution is 2.17. The summed E-state index contributed by atoms with van der Waals surface area (Å²) < 4.78 is 8.14. The van der Waals surface area contributed by atoms with Crippen LogP contribution < -0.4 is 5.56 Å². The van der Waals surface area contributed by atoms with Gasteiger partial charge < -0.3 is 4.74 Å². The van der Waals surface area contributed by atoms with Crippen molar-refractivity contribution < 1.29 is 9.53 Å². The zero-order valence-electron chi connectivity index (χ0n) is 15.6. The van der Waals surface area contributed by atoms with Crippen LogP contribution in [0.25, 0.3) is 16.7 Å². The summed E-state index contributed by atoms with van der Waals surface area (Å²) in [6.45, 7) is 9.16. The minimum absolute atomic E-state index is 0.187. The Morgan fingerprint density at radius 2 is 1.81 bits per heavy atom. The van der Waals surface area contributed by atoms with Crippen LogP contribution in [-0.2, 0) is 16.1 Å². The Kier molecular flexibility index (Phi) is 4.39. The lowest BCUT2D eigenvalue weighted by atomic mass is 10.1. The molecule has 26 heavy (non-hydrogen) atoms. The Bertz CT molecular complexity index is 1020. The molecule has 0 N–H and O–H groups in total. The van der Waals surface area contributed by atoms with Crippen molar-refractivity contribution in [3.05, 3.63) is 52.2 Å². The number of carbonyl (C=O) groups is 1. The first-order valence-electron chi connectivity index (χ1n) is 8.38. The molecule has 7 heteroatoms. The standard InChI is InChI=1S/C19H22N4O3/c1-12-6-13(2)8-14(7-12)23-17-15(9-21-23)18(25)22(11-20-17)10-16(24)26-19(3,4)5/h6-9,11H,10H2,1-5H3. The van der Waals surface area contributed by atoms with Gasteiger partial charge in [0.1, 0.15) is 23.9 Å². The Hall–Kier alpha value is -2.96. The first-order chi connectivity index (χ1) is 12.1. The average Bonchev–Trinajstić information content (AvgIpc) is 2.92. The largest absolute Gasteiger partial charge is 0.459 e. The van der Waals surface area contributed by atoms with Gasteiger partial charge in [0.25, 0.3) is 5.56 Å². The van der Waals surface area contributed by atoms with E-state index in [1.54, 1.807) is 25.5 Å². The van der Waals surface area contributed by atoms with Crippen LogP contribution in [0.3, 0.4) is 0 Å². The van der Waals surface area contributed by atoms with Crippen LogP contribution in [0.1, 0.15) is 31.9 Å². The second-order valence-corrected chi connectivity index (χ2v) is 7.40. The maximum absolute atomic E-state index is 12.7. The smallest absolute Gasteiger partial charge is 0.326 e. The summed E-state index contributed by atoms with van der Waals surface area (Å²) in [4.78, 5) is 29.0. The highest BCUT2D eigenvalue weighted by Gasteiger charge is 2.18. The number of aryl methyl sites for hydroxylation is 2. The molecule has 0 aliphatic carbocycles. The van der Waals surface area contributed by atoms with Gasteiger partial charge in [-0.25, -0.2) is 9.67 Å². The van der Waals surface area contributed by atoms with Crippen LogP contribution in [-0.4, -0.2) is 30.9 Å². The summed E-state index contributed by atoms with van der Waals surface area (Å²) in [5, 5.41) is 4.67. The number of nitrogens with zero attached hydrogens (tertiary/aromatic N) is 4. The summed E-state index contributed by atoms with van der Waals surface area (Å²) >= 11 is 0. The van der Waals surface area contributed by atoms with Gasteiger partial charge in [-0.1, -0.05) is 6.07 Å². The molecule has 0 aliphatic rings. The van der Waals surface area contributed by atoms with Crippen LogP contribution in [0.15, 0.2) is 35.5 Å². The van der Waals surface area contributed by atoms with Crippen molar-refractivity contribution in [1.29, 1.82) is 0 Å². The molecular weight excluding hydrogens is 332 g/mol. The number of aromatic nitrogens is 4. The van der Waals surface area contributed by atoms with E-state index in [9.17, 15) is 9.59 Å². The molecule has 7 nitrogen and oxygen atoms in total. The molecule has 3 rings (SSSR count). The van der Waals surface area contributed by atoms with Gasteiger partial charge in [-0.2, -0.15) is 5.10 Å². The van der Waals surface area contributed by atoms with Crippen LogP contribution in [0.2, 0.25) is 0 Å². The van der Waals surface area contributed by atoms with Crippen molar-refractivity contribution >= 4 is 17.0 Å². The number of carbonyl (C=O) groups excluding carboxylic acids is 1. The van der Waals surface area contributed by atoms with Gasteiger partial charge in [0.05, 0.1) is 11.9 Å². The fourth-order valence-electron chi connectivity index (χ4n) is 2.84. The van der Waals surface area contributed by atoms with Crippen molar-refractivity contribution in [3.8, 4) is 5.69 Å². The molecule has 0 atom stereocenters. The van der Waals surface area contributed by atoms with E-state index in [4.69, 9.17) is 4.74 Å². The van der Waals surface area contributed by atoms with Gasteiger partial charge in [-0.15, -0.1) is 0 Å². The summed E-state index contributed by atoms with van der Waals surface area (Å²) in [6, 6.07) is 6.02. The number of benzene rings is 1. The molecular formula is C19H22N4O3. The molecule has 2 heterocycles. The maximum atomic E-state index is 12.7. The number of fused-ring (bicyclic) bond motifs is 1. The Labute approximate surface area is 151 Å². The van der Waals surface area contributed by atoms with Crippen molar-refractivity contribution in [3.63, 3.8) is 0 Å². The summed E-state index contributed by atoms with van der Waals surface area (Å²) in [5.74, 6) is -0.484. The highest BCUT2D eigenvalue weighted by molar-refractivity contribution is 5.76. The Balaban J connectivity index is 1.99. The fourth-order valence-corrected chi connectivity index (χ4v) is 2.84. The van der Waals surface area contributed by atoms with E-state index in [2.05, 4.69) is 16.1 Å². The maximum Gasteiger partial charge on any atom is 0.326 e. The molecule has 0 radical (unpaired) electrons. The van der Waals surface area contributed by atoms with Gasteiger partial charge in [0, 0.05) is 0 Å². The molecule has 3 aromatic rings. The average molecular weight is 354 g/mol. The van der Waals surface area contributed by atoms with Crippen LogP contribution in [0, 0.1) is 13.8 Å². The van der Waals surface area contributed by atoms with Gasteiger partial charge in [-0.3, -0.25) is 14.2 Å². The van der Waals surface area contributed by atoms with E-state index in [-0.39, 0.29) is 12.1 Å². The van der Waals surface area contributed by atoms with Gasteiger partial charge in [0.2, 0.25) is 0 Å². The minimum Gasteiger partial charge on any atom is -0.459 e. The van der Waals surface area contributed by atoms with Crippen LogP contribution in [0.4, 0.5) is 0 Å². The molecule has 136 valence electrons. The summed E-state index contributed by atoms with van der Waals surface area (Å²) in [5.41, 5.74) is 2.57. The molecule has 0 saturated carbocycles. The number of ether oxygens (including phenoxy) is 1. The molecule has 0 aliphatic heterocycles. The first-order valence-corrected chi connectivity index (χ1v) is 8.38. The third-order valence-electron chi connectivity index (χ3n) is 3.72. The molecule has 2 aromatic heterocycles. The summed E-state index contributed by atoms with van der Waals surface area (Å²) in [7, 11) is 0. The minimum atomic E-state index is -0.605. The van der Waals surface area contributed by atoms with E-state index in [1.165, 1.54) is 17.1 Å². The molecule has 0 fully saturated rings. The van der Waals surface area contributed by atoms with Crippen molar-refractivity contribution in [2.24, 2.45) is 0 Å². The monoisotopic (exact) mass is 354 g/mol. The third kappa shape index (κ3) is 3.66. The van der Waals surface area contributed by atoms with Crippen LogP contribution >= 0.6 is 0 Å². The fraction of sp³-hybridized carbons (Fsp3) is 0.368. The summed E-state index contributed by atoms with van der Waals surface area (Å²) in [6.07, 6.45) is 2.84. The third-order valence-corrected chi connectivity index (χ3v) is 3.72.